The second-order valence-electron chi connectivity index (χ2n) is 6.21. The lowest BCUT2D eigenvalue weighted by molar-refractivity contribution is -0.384. The number of nitrogens with zero attached hydrogens (tertiary/aromatic N) is 2. The van der Waals surface area contributed by atoms with Gasteiger partial charge in [-0.1, -0.05) is 0 Å². The Balaban J connectivity index is 1.83. The fourth-order valence-electron chi connectivity index (χ4n) is 2.87. The summed E-state index contributed by atoms with van der Waals surface area (Å²) in [7, 11) is 4.03. The first-order chi connectivity index (χ1) is 11.0. The molecule has 1 unspecified atom stereocenters. The van der Waals surface area contributed by atoms with Crippen LogP contribution >= 0.6 is 0 Å². The van der Waals surface area contributed by atoms with E-state index in [0.717, 1.165) is 0 Å². The molecule has 0 spiro atoms. The van der Waals surface area contributed by atoms with E-state index >= 15 is 0 Å². The molecule has 0 saturated heterocycles. The fourth-order valence-corrected chi connectivity index (χ4v) is 2.87. The van der Waals surface area contributed by atoms with Gasteiger partial charge in [0.1, 0.15) is 5.69 Å². The molecule has 1 fully saturated rings. The summed E-state index contributed by atoms with van der Waals surface area (Å²) in [6.45, 7) is 0.493. The monoisotopic (exact) mass is 320 g/mol. The van der Waals surface area contributed by atoms with Gasteiger partial charge < -0.3 is 20.3 Å². The second kappa shape index (κ2) is 6.04. The van der Waals surface area contributed by atoms with E-state index in [1.807, 2.05) is 14.1 Å². The molecule has 2 N–H and O–H groups in total. The van der Waals surface area contributed by atoms with Crippen molar-refractivity contribution in [2.24, 2.45) is 5.92 Å². The molecule has 1 saturated carbocycles. The first-order valence-corrected chi connectivity index (χ1v) is 7.61. The van der Waals surface area contributed by atoms with Crippen LogP contribution in [0.25, 0.3) is 0 Å². The molecule has 1 aromatic rings. The summed E-state index contributed by atoms with van der Waals surface area (Å²) in [6.07, 6.45) is 2.39. The molecule has 23 heavy (non-hydrogen) atoms. The molecule has 0 radical (unpaired) electrons. The number of hydrogen-bond acceptors (Lipinski definition) is 6. The fraction of sp³-hybridized carbons (Fsp3) is 0.533. The smallest absolute Gasteiger partial charge is 0.296 e. The zero-order valence-electron chi connectivity index (χ0n) is 13.2. The lowest BCUT2D eigenvalue weighted by Crippen LogP contribution is -2.36. The number of likely N-dealkylation sites (N-methyl/N-ethyl adjacent to an activating group) is 1. The van der Waals surface area contributed by atoms with Gasteiger partial charge in [-0.2, -0.15) is 0 Å². The summed E-state index contributed by atoms with van der Waals surface area (Å²) in [5, 5.41) is 17.2. The number of benzene rings is 1. The topological polar surface area (TPSA) is 96.7 Å². The van der Waals surface area contributed by atoms with E-state index in [1.54, 1.807) is 6.07 Å². The van der Waals surface area contributed by atoms with Crippen LogP contribution in [-0.2, 0) is 4.79 Å². The standard InChI is InChI=1S/C15H20N4O4/c1-18(2)13(9-3-4-9)7-16-10-5-11-14(6-12(10)19(21)22)23-8-15(20)17-11/h5-6,9,13,16H,3-4,7-8H2,1-2H3,(H,17,20). The normalized spacial score (nSPS) is 18.0. The lowest BCUT2D eigenvalue weighted by Gasteiger charge is -2.25. The van der Waals surface area contributed by atoms with Crippen LogP contribution in [0, 0.1) is 16.0 Å². The van der Waals surface area contributed by atoms with Crippen molar-refractivity contribution in [3.63, 3.8) is 0 Å². The van der Waals surface area contributed by atoms with E-state index < -0.39 is 4.92 Å². The minimum absolute atomic E-state index is 0.0480. The molecular weight excluding hydrogens is 300 g/mol. The molecule has 2 aliphatic rings. The van der Waals surface area contributed by atoms with Gasteiger partial charge in [0.2, 0.25) is 0 Å². The van der Waals surface area contributed by atoms with Crippen molar-refractivity contribution in [3.05, 3.63) is 22.2 Å². The van der Waals surface area contributed by atoms with Crippen molar-refractivity contribution >= 4 is 23.0 Å². The molecule has 1 aliphatic carbocycles. The predicted molar refractivity (Wildman–Crippen MR) is 85.9 cm³/mol. The average Bonchev–Trinajstić information content (AvgIpc) is 3.30. The zero-order chi connectivity index (χ0) is 16.6. The zero-order valence-corrected chi connectivity index (χ0v) is 13.2. The SMILES string of the molecule is CN(C)C(CNc1cc2c(cc1[N+](=O)[O-])OCC(=O)N2)C1CC1. The molecule has 0 bridgehead atoms. The Labute approximate surface area is 133 Å². The molecule has 1 heterocycles. The van der Waals surface area contributed by atoms with Crippen molar-refractivity contribution in [2.45, 2.75) is 18.9 Å². The summed E-state index contributed by atoms with van der Waals surface area (Å²) in [4.78, 5) is 24.4. The number of fused-ring (bicyclic) bond motifs is 1. The number of carbonyl (C=O) groups is 1. The minimum Gasteiger partial charge on any atom is -0.481 e. The lowest BCUT2D eigenvalue weighted by atomic mass is 10.1. The van der Waals surface area contributed by atoms with E-state index in [0.29, 0.717) is 35.6 Å². The minimum atomic E-state index is -0.440. The largest absolute Gasteiger partial charge is 0.481 e. The molecule has 8 nitrogen and oxygen atoms in total. The number of carbonyl (C=O) groups excluding carboxylic acids is 1. The predicted octanol–water partition coefficient (Wildman–Crippen LogP) is 1.68. The third-order valence-electron chi connectivity index (χ3n) is 4.26. The Morgan fingerprint density at radius 2 is 2.22 bits per heavy atom. The highest BCUT2D eigenvalue weighted by Gasteiger charge is 2.33. The van der Waals surface area contributed by atoms with Crippen molar-refractivity contribution in [1.29, 1.82) is 0 Å². The highest BCUT2D eigenvalue weighted by Crippen LogP contribution is 2.39. The summed E-state index contributed by atoms with van der Waals surface area (Å²) >= 11 is 0. The van der Waals surface area contributed by atoms with Gasteiger partial charge in [0.25, 0.3) is 11.6 Å². The van der Waals surface area contributed by atoms with Gasteiger partial charge in [-0.25, -0.2) is 0 Å². The molecule has 3 rings (SSSR count). The number of ether oxygens (including phenoxy) is 1. The van der Waals surface area contributed by atoms with Crippen LogP contribution in [0.5, 0.6) is 5.75 Å². The summed E-state index contributed by atoms with van der Waals surface area (Å²) in [5.41, 5.74) is 0.808. The molecule has 8 heteroatoms. The Morgan fingerprint density at radius 3 is 2.83 bits per heavy atom. The van der Waals surface area contributed by atoms with Crippen molar-refractivity contribution < 1.29 is 14.5 Å². The number of hydrogen-bond donors (Lipinski definition) is 2. The number of rotatable bonds is 6. The highest BCUT2D eigenvalue weighted by atomic mass is 16.6. The van der Waals surface area contributed by atoms with Crippen LogP contribution < -0.4 is 15.4 Å². The molecule has 1 aromatic carbocycles. The van der Waals surface area contributed by atoms with Crippen LogP contribution in [-0.4, -0.2) is 49.0 Å². The van der Waals surface area contributed by atoms with Gasteiger partial charge >= 0.3 is 0 Å². The Bertz CT molecular complexity index is 641. The average molecular weight is 320 g/mol. The van der Waals surface area contributed by atoms with Gasteiger partial charge in [0.15, 0.2) is 12.4 Å². The number of nitrogens with one attached hydrogen (secondary N) is 2. The maximum Gasteiger partial charge on any atom is 0.296 e. The third-order valence-corrected chi connectivity index (χ3v) is 4.26. The molecule has 124 valence electrons. The van der Waals surface area contributed by atoms with Gasteiger partial charge in [-0.3, -0.25) is 14.9 Å². The van der Waals surface area contributed by atoms with Crippen LogP contribution in [0.4, 0.5) is 17.1 Å². The number of nitro benzene ring substituents is 1. The van der Waals surface area contributed by atoms with Gasteiger partial charge in [-0.05, 0) is 38.9 Å². The molecule has 1 aliphatic heterocycles. The Kier molecular flexibility index (Phi) is 4.08. The van der Waals surface area contributed by atoms with Crippen molar-refractivity contribution in [2.75, 3.05) is 37.9 Å². The van der Waals surface area contributed by atoms with E-state index in [4.69, 9.17) is 4.74 Å². The number of nitro groups is 1. The molecular formula is C15H20N4O4. The molecule has 1 atom stereocenters. The van der Waals surface area contributed by atoms with Crippen LogP contribution in [0.1, 0.15) is 12.8 Å². The first kappa shape index (κ1) is 15.5. The second-order valence-corrected chi connectivity index (χ2v) is 6.21. The van der Waals surface area contributed by atoms with Crippen molar-refractivity contribution in [1.82, 2.24) is 4.90 Å². The summed E-state index contributed by atoms with van der Waals surface area (Å²) in [5.74, 6) is 0.701. The summed E-state index contributed by atoms with van der Waals surface area (Å²) in [6, 6.07) is 3.26. The van der Waals surface area contributed by atoms with Crippen molar-refractivity contribution in [3.8, 4) is 5.75 Å². The van der Waals surface area contributed by atoms with E-state index in [2.05, 4.69) is 15.5 Å². The number of amides is 1. The third kappa shape index (κ3) is 3.37. The molecule has 1 amide bonds. The van der Waals surface area contributed by atoms with Crippen LogP contribution in [0.2, 0.25) is 0 Å². The van der Waals surface area contributed by atoms with Gasteiger partial charge in [-0.15, -0.1) is 0 Å². The maximum atomic E-state index is 11.4. The Hall–Kier alpha value is -2.35. The first-order valence-electron chi connectivity index (χ1n) is 7.61. The van der Waals surface area contributed by atoms with E-state index in [9.17, 15) is 14.9 Å². The van der Waals surface area contributed by atoms with Gasteiger partial charge in [0.05, 0.1) is 16.7 Å². The van der Waals surface area contributed by atoms with E-state index in [-0.39, 0.29) is 18.2 Å². The highest BCUT2D eigenvalue weighted by molar-refractivity contribution is 5.96. The van der Waals surface area contributed by atoms with Crippen LogP contribution in [0.3, 0.4) is 0 Å². The number of anilines is 2. The maximum absolute atomic E-state index is 11.4. The summed E-state index contributed by atoms with van der Waals surface area (Å²) < 4.78 is 5.24. The van der Waals surface area contributed by atoms with Gasteiger partial charge in [0, 0.05) is 12.6 Å². The molecule has 0 aromatic heterocycles. The Morgan fingerprint density at radius 1 is 1.48 bits per heavy atom. The quantitative estimate of drug-likeness (QED) is 0.611. The van der Waals surface area contributed by atoms with E-state index in [1.165, 1.54) is 18.9 Å². The van der Waals surface area contributed by atoms with Crippen LogP contribution in [0.15, 0.2) is 12.1 Å².